The highest BCUT2D eigenvalue weighted by atomic mass is 16.6. The van der Waals surface area contributed by atoms with Gasteiger partial charge < -0.3 is 14.8 Å². The van der Waals surface area contributed by atoms with E-state index in [1.807, 2.05) is 12.1 Å². The number of hydrogen-bond donors (Lipinski definition) is 1. The molecular formula is C15H21NO2. The Morgan fingerprint density at radius 1 is 1.33 bits per heavy atom. The van der Waals surface area contributed by atoms with E-state index in [9.17, 15) is 0 Å². The van der Waals surface area contributed by atoms with Gasteiger partial charge >= 0.3 is 0 Å². The predicted octanol–water partition coefficient (Wildman–Crippen LogP) is 2.86. The molecule has 0 amide bonds. The van der Waals surface area contributed by atoms with E-state index in [2.05, 4.69) is 38.2 Å². The van der Waals surface area contributed by atoms with Crippen molar-refractivity contribution in [1.29, 1.82) is 0 Å². The molecule has 18 heavy (non-hydrogen) atoms. The summed E-state index contributed by atoms with van der Waals surface area (Å²) in [5.74, 6) is 1.69. The van der Waals surface area contributed by atoms with Crippen LogP contribution in [-0.2, 0) is 0 Å². The van der Waals surface area contributed by atoms with Crippen LogP contribution in [0.25, 0.3) is 6.08 Å². The fourth-order valence-corrected chi connectivity index (χ4v) is 2.00. The lowest BCUT2D eigenvalue weighted by Gasteiger charge is -2.19. The molecule has 1 aromatic rings. The SMILES string of the molecule is CCNC(C)/C(C)=C/c1ccc2c(c1)OCCO2. The van der Waals surface area contributed by atoms with Crippen molar-refractivity contribution in [3.8, 4) is 11.5 Å². The summed E-state index contributed by atoms with van der Waals surface area (Å²) in [7, 11) is 0. The maximum absolute atomic E-state index is 5.58. The second-order valence-corrected chi connectivity index (χ2v) is 4.57. The summed E-state index contributed by atoms with van der Waals surface area (Å²) in [5, 5.41) is 3.40. The van der Waals surface area contributed by atoms with Crippen LogP contribution in [-0.4, -0.2) is 25.8 Å². The van der Waals surface area contributed by atoms with Crippen LogP contribution in [0.4, 0.5) is 0 Å². The van der Waals surface area contributed by atoms with Gasteiger partial charge in [-0.1, -0.05) is 24.6 Å². The molecule has 0 aromatic heterocycles. The summed E-state index contributed by atoms with van der Waals surface area (Å²) in [4.78, 5) is 0. The van der Waals surface area contributed by atoms with Gasteiger partial charge in [-0.05, 0) is 38.1 Å². The van der Waals surface area contributed by atoms with Crippen LogP contribution in [0.5, 0.6) is 11.5 Å². The molecule has 0 saturated carbocycles. The third-order valence-corrected chi connectivity index (χ3v) is 3.15. The van der Waals surface area contributed by atoms with E-state index in [0.717, 1.165) is 23.6 Å². The first kappa shape index (κ1) is 13.0. The van der Waals surface area contributed by atoms with Gasteiger partial charge in [0.05, 0.1) is 0 Å². The summed E-state index contributed by atoms with van der Waals surface area (Å²) in [6.45, 7) is 8.68. The highest BCUT2D eigenvalue weighted by molar-refractivity contribution is 5.58. The Kier molecular flexibility index (Phi) is 4.26. The van der Waals surface area contributed by atoms with Crippen molar-refractivity contribution >= 4 is 6.08 Å². The van der Waals surface area contributed by atoms with Crippen molar-refractivity contribution < 1.29 is 9.47 Å². The third-order valence-electron chi connectivity index (χ3n) is 3.15. The van der Waals surface area contributed by atoms with Crippen LogP contribution in [0.1, 0.15) is 26.3 Å². The quantitative estimate of drug-likeness (QED) is 0.887. The molecule has 3 nitrogen and oxygen atoms in total. The van der Waals surface area contributed by atoms with E-state index in [4.69, 9.17) is 9.47 Å². The van der Waals surface area contributed by atoms with Crippen molar-refractivity contribution in [3.63, 3.8) is 0 Å². The zero-order chi connectivity index (χ0) is 13.0. The number of fused-ring (bicyclic) bond motifs is 1. The summed E-state index contributed by atoms with van der Waals surface area (Å²) in [6.07, 6.45) is 2.19. The van der Waals surface area contributed by atoms with E-state index in [0.29, 0.717) is 19.3 Å². The Hall–Kier alpha value is -1.48. The largest absolute Gasteiger partial charge is 0.486 e. The minimum atomic E-state index is 0.392. The van der Waals surface area contributed by atoms with E-state index in [1.54, 1.807) is 0 Å². The second-order valence-electron chi connectivity index (χ2n) is 4.57. The van der Waals surface area contributed by atoms with Crippen LogP contribution in [0.3, 0.4) is 0 Å². The molecule has 0 spiro atoms. The molecule has 0 bridgehead atoms. The molecule has 1 heterocycles. The molecule has 2 rings (SSSR count). The normalized spacial score (nSPS) is 16.5. The van der Waals surface area contributed by atoms with E-state index in [-0.39, 0.29) is 0 Å². The Bertz CT molecular complexity index is 440. The van der Waals surface area contributed by atoms with Crippen molar-refractivity contribution in [3.05, 3.63) is 29.3 Å². The molecule has 1 aliphatic heterocycles. The molecular weight excluding hydrogens is 226 g/mol. The number of rotatable bonds is 4. The smallest absolute Gasteiger partial charge is 0.161 e. The molecule has 0 saturated heterocycles. The Morgan fingerprint density at radius 3 is 2.78 bits per heavy atom. The molecule has 3 heteroatoms. The zero-order valence-corrected chi connectivity index (χ0v) is 11.3. The number of hydrogen-bond acceptors (Lipinski definition) is 3. The van der Waals surface area contributed by atoms with Crippen molar-refractivity contribution in [2.45, 2.75) is 26.8 Å². The Morgan fingerprint density at radius 2 is 2.06 bits per heavy atom. The topological polar surface area (TPSA) is 30.5 Å². The minimum Gasteiger partial charge on any atom is -0.486 e. The molecule has 1 N–H and O–H groups in total. The van der Waals surface area contributed by atoms with Crippen LogP contribution >= 0.6 is 0 Å². The molecule has 1 aromatic carbocycles. The van der Waals surface area contributed by atoms with Crippen molar-refractivity contribution in [2.75, 3.05) is 19.8 Å². The average Bonchev–Trinajstić information content (AvgIpc) is 2.39. The zero-order valence-electron chi connectivity index (χ0n) is 11.3. The lowest BCUT2D eigenvalue weighted by molar-refractivity contribution is 0.171. The van der Waals surface area contributed by atoms with E-state index >= 15 is 0 Å². The number of nitrogens with one attached hydrogen (secondary N) is 1. The Labute approximate surface area is 109 Å². The second kappa shape index (κ2) is 5.91. The van der Waals surface area contributed by atoms with Crippen LogP contribution in [0.2, 0.25) is 0 Å². The number of ether oxygens (including phenoxy) is 2. The van der Waals surface area contributed by atoms with Gasteiger partial charge in [0.15, 0.2) is 11.5 Å². The van der Waals surface area contributed by atoms with Crippen LogP contribution < -0.4 is 14.8 Å². The monoisotopic (exact) mass is 247 g/mol. The van der Waals surface area contributed by atoms with Crippen LogP contribution in [0.15, 0.2) is 23.8 Å². The standard InChI is InChI=1S/C15H21NO2/c1-4-16-12(3)11(2)9-13-5-6-14-15(10-13)18-8-7-17-14/h5-6,9-10,12,16H,4,7-8H2,1-3H3/b11-9+. The fraction of sp³-hybridized carbons (Fsp3) is 0.467. The molecule has 98 valence electrons. The van der Waals surface area contributed by atoms with E-state index < -0.39 is 0 Å². The van der Waals surface area contributed by atoms with Crippen LogP contribution in [0, 0.1) is 0 Å². The maximum Gasteiger partial charge on any atom is 0.161 e. The van der Waals surface area contributed by atoms with E-state index in [1.165, 1.54) is 5.57 Å². The van der Waals surface area contributed by atoms with Crippen molar-refractivity contribution in [2.24, 2.45) is 0 Å². The predicted molar refractivity (Wildman–Crippen MR) is 74.2 cm³/mol. The lowest BCUT2D eigenvalue weighted by Crippen LogP contribution is -2.26. The molecule has 0 aliphatic carbocycles. The first-order valence-corrected chi connectivity index (χ1v) is 6.52. The molecule has 1 atom stereocenters. The van der Waals surface area contributed by atoms with Gasteiger partial charge in [-0.3, -0.25) is 0 Å². The van der Waals surface area contributed by atoms with Gasteiger partial charge in [-0.25, -0.2) is 0 Å². The first-order valence-electron chi connectivity index (χ1n) is 6.52. The lowest BCUT2D eigenvalue weighted by atomic mass is 10.1. The van der Waals surface area contributed by atoms with Gasteiger partial charge in [-0.2, -0.15) is 0 Å². The van der Waals surface area contributed by atoms with Gasteiger partial charge in [0.2, 0.25) is 0 Å². The first-order chi connectivity index (χ1) is 8.70. The van der Waals surface area contributed by atoms with Crippen molar-refractivity contribution in [1.82, 2.24) is 5.32 Å². The third kappa shape index (κ3) is 3.05. The van der Waals surface area contributed by atoms with Gasteiger partial charge in [-0.15, -0.1) is 0 Å². The highest BCUT2D eigenvalue weighted by Gasteiger charge is 2.11. The Balaban J connectivity index is 2.16. The molecule has 1 aliphatic rings. The molecule has 0 radical (unpaired) electrons. The summed E-state index contributed by atoms with van der Waals surface area (Å²) >= 11 is 0. The van der Waals surface area contributed by atoms with Gasteiger partial charge in [0, 0.05) is 6.04 Å². The fourth-order valence-electron chi connectivity index (χ4n) is 2.00. The summed E-state index contributed by atoms with van der Waals surface area (Å²) in [5.41, 5.74) is 2.47. The highest BCUT2D eigenvalue weighted by Crippen LogP contribution is 2.31. The summed E-state index contributed by atoms with van der Waals surface area (Å²) in [6, 6.07) is 6.47. The molecule has 0 fully saturated rings. The van der Waals surface area contributed by atoms with Gasteiger partial charge in [0.1, 0.15) is 13.2 Å². The average molecular weight is 247 g/mol. The summed E-state index contributed by atoms with van der Waals surface area (Å²) < 4.78 is 11.1. The maximum atomic E-state index is 5.58. The van der Waals surface area contributed by atoms with Gasteiger partial charge in [0.25, 0.3) is 0 Å². The number of benzene rings is 1. The number of likely N-dealkylation sites (N-methyl/N-ethyl adjacent to an activating group) is 1. The molecule has 1 unspecified atom stereocenters. The minimum absolute atomic E-state index is 0.392.